The van der Waals surface area contributed by atoms with Crippen molar-refractivity contribution in [1.82, 2.24) is 40.4 Å². The molecule has 0 unspecified atom stereocenters. The molecule has 0 radical (unpaired) electrons. The van der Waals surface area contributed by atoms with Gasteiger partial charge in [-0.2, -0.15) is 0 Å². The minimum Gasteiger partial charge on any atom is -0.453 e. The average molecular weight is 807 g/mol. The molecule has 4 N–H and O–H groups in total. The van der Waals surface area contributed by atoms with Crippen LogP contribution < -0.4 is 10.6 Å². The zero-order chi connectivity index (χ0) is 40.1. The minimum absolute atomic E-state index is 0.115. The van der Waals surface area contributed by atoms with E-state index in [2.05, 4.69) is 54.6 Å². The Morgan fingerprint density at radius 1 is 0.807 bits per heavy atom. The van der Waals surface area contributed by atoms with Gasteiger partial charge in [-0.15, -0.1) is 22.7 Å². The van der Waals surface area contributed by atoms with Gasteiger partial charge in [0.15, 0.2) is 0 Å². The van der Waals surface area contributed by atoms with Crippen LogP contribution >= 0.6 is 22.7 Å². The van der Waals surface area contributed by atoms with E-state index in [1.165, 1.54) is 14.2 Å². The van der Waals surface area contributed by atoms with Crippen LogP contribution in [0.2, 0.25) is 0 Å². The molecule has 0 aliphatic carbocycles. The van der Waals surface area contributed by atoms with Gasteiger partial charge < -0.3 is 39.9 Å². The van der Waals surface area contributed by atoms with Crippen molar-refractivity contribution in [3.05, 3.63) is 82.0 Å². The van der Waals surface area contributed by atoms with Crippen LogP contribution in [-0.4, -0.2) is 87.1 Å². The smallest absolute Gasteiger partial charge is 0.407 e. The van der Waals surface area contributed by atoms with Crippen LogP contribution in [0.5, 0.6) is 0 Å². The fraction of sp³-hybridized carbons (Fsp3) is 0.366. The van der Waals surface area contributed by atoms with Gasteiger partial charge in [-0.3, -0.25) is 9.59 Å². The molecule has 0 spiro atoms. The molecule has 0 saturated carbocycles. The molecule has 4 amide bonds. The van der Waals surface area contributed by atoms with Crippen LogP contribution in [0.1, 0.15) is 86.1 Å². The van der Waals surface area contributed by atoms with Crippen LogP contribution in [0.15, 0.2) is 53.5 Å². The summed E-state index contributed by atoms with van der Waals surface area (Å²) in [5.74, 6) is 13.0. The summed E-state index contributed by atoms with van der Waals surface area (Å²) in [6.07, 6.45) is 5.25. The van der Waals surface area contributed by atoms with Crippen molar-refractivity contribution in [3.63, 3.8) is 0 Å². The highest BCUT2D eigenvalue weighted by atomic mass is 32.1. The first-order valence-corrected chi connectivity index (χ1v) is 20.4. The number of thiophene rings is 2. The molecule has 7 rings (SSSR count). The fourth-order valence-corrected chi connectivity index (χ4v) is 9.58. The van der Waals surface area contributed by atoms with E-state index in [1.54, 1.807) is 57.0 Å². The van der Waals surface area contributed by atoms with Crippen molar-refractivity contribution in [2.24, 2.45) is 5.92 Å². The lowest BCUT2D eigenvalue weighted by Crippen LogP contribution is -2.51. The van der Waals surface area contributed by atoms with Crippen molar-refractivity contribution < 1.29 is 28.7 Å². The van der Waals surface area contributed by atoms with E-state index in [0.717, 1.165) is 51.9 Å². The first-order valence-electron chi connectivity index (χ1n) is 18.6. The monoisotopic (exact) mass is 806 g/mol. The summed E-state index contributed by atoms with van der Waals surface area (Å²) in [6, 6.07) is 6.97. The van der Waals surface area contributed by atoms with E-state index < -0.39 is 24.3 Å². The molecule has 4 aromatic heterocycles. The zero-order valence-corrected chi connectivity index (χ0v) is 33.5. The van der Waals surface area contributed by atoms with E-state index in [4.69, 9.17) is 14.5 Å². The third-order valence-corrected chi connectivity index (χ3v) is 12.3. The van der Waals surface area contributed by atoms with Gasteiger partial charge in [0.1, 0.15) is 29.4 Å². The lowest BCUT2D eigenvalue weighted by molar-refractivity contribution is -0.135. The standard InChI is InChI=1S/C41H42N8O6S2/c1-24(2)32(46-40(52)54-3)38(50)48-18-11-17-31(48)37-43-21-29(45-37)28-23-57-34-26(22-56-35(28)34)14-8-9-15-27-20-42-36(44-27)30-16-10-19-49(30)39(51)33(47-41(53)55-4)25-12-6-5-7-13-25/h5-7,12-13,20-24,30-33H,10-11,16-19H2,1-4H3,(H,42,44)(H,43,45)(H,46,52)(H,47,53)/t30-,31-,32-,33+/m0/s1. The van der Waals surface area contributed by atoms with Gasteiger partial charge >= 0.3 is 12.2 Å². The Balaban J connectivity index is 1.02. The number of hydrogen-bond donors (Lipinski definition) is 4. The molecule has 2 aliphatic rings. The first kappa shape index (κ1) is 39.1. The lowest BCUT2D eigenvalue weighted by atomic mass is 10.0. The number of hydrogen-bond acceptors (Lipinski definition) is 10. The summed E-state index contributed by atoms with van der Waals surface area (Å²) >= 11 is 3.20. The minimum atomic E-state index is -0.897. The van der Waals surface area contributed by atoms with Crippen LogP contribution in [0, 0.1) is 29.6 Å². The Labute approximate surface area is 337 Å². The number of carbonyl (C=O) groups excluding carboxylic acids is 4. The number of amides is 4. The van der Waals surface area contributed by atoms with Crippen LogP contribution in [0.3, 0.4) is 0 Å². The van der Waals surface area contributed by atoms with Crippen LogP contribution in [0.4, 0.5) is 9.59 Å². The number of H-pyrrole nitrogens is 2. The SMILES string of the molecule is COC(=O)N[C@H](C(=O)N1CCC[C@H]1c1ncc(-c2csc3c(C#CC#Cc4cnc([C@@H]5CCCN5C(=O)[C@H](NC(=O)OC)c5ccccc5)[nH]4)csc23)[nH]1)C(C)C. The number of rotatable bonds is 9. The number of imidazole rings is 2. The fourth-order valence-electron chi connectivity index (χ4n) is 7.29. The van der Waals surface area contributed by atoms with Crippen molar-refractivity contribution in [2.45, 2.75) is 63.7 Å². The second kappa shape index (κ2) is 17.4. The molecule has 6 heterocycles. The first-order chi connectivity index (χ1) is 27.7. The lowest BCUT2D eigenvalue weighted by Gasteiger charge is -2.30. The van der Waals surface area contributed by atoms with Gasteiger partial charge in [0, 0.05) is 29.4 Å². The molecule has 0 bridgehead atoms. The van der Waals surface area contributed by atoms with Crippen molar-refractivity contribution in [1.29, 1.82) is 0 Å². The Hall–Kier alpha value is -6.10. The highest BCUT2D eigenvalue weighted by Crippen LogP contribution is 2.40. The van der Waals surface area contributed by atoms with E-state index in [-0.39, 0.29) is 29.8 Å². The quantitative estimate of drug-likeness (QED) is 0.126. The Morgan fingerprint density at radius 2 is 1.44 bits per heavy atom. The maximum absolute atomic E-state index is 13.8. The predicted octanol–water partition coefficient (Wildman–Crippen LogP) is 6.28. The Bertz CT molecular complexity index is 2390. The molecular weight excluding hydrogens is 765 g/mol. The second-order valence-corrected chi connectivity index (χ2v) is 15.8. The Kier molecular flexibility index (Phi) is 11.9. The number of aromatic amines is 2. The Morgan fingerprint density at radius 3 is 2.14 bits per heavy atom. The van der Waals surface area contributed by atoms with Gasteiger partial charge in [-0.1, -0.05) is 50.1 Å². The molecule has 2 saturated heterocycles. The number of aromatic nitrogens is 4. The number of carbonyl (C=O) groups is 4. The number of benzene rings is 1. The maximum Gasteiger partial charge on any atom is 0.407 e. The highest BCUT2D eigenvalue weighted by Gasteiger charge is 2.38. The number of nitrogens with one attached hydrogen (secondary N) is 4. The number of nitrogens with zero attached hydrogens (tertiary/aromatic N) is 4. The zero-order valence-electron chi connectivity index (χ0n) is 31.9. The van der Waals surface area contributed by atoms with Crippen molar-refractivity contribution in [3.8, 4) is 34.9 Å². The van der Waals surface area contributed by atoms with E-state index in [1.807, 2.05) is 37.4 Å². The third-order valence-electron chi connectivity index (χ3n) is 10.1. The van der Waals surface area contributed by atoms with Crippen LogP contribution in [-0.2, 0) is 19.1 Å². The van der Waals surface area contributed by atoms with Gasteiger partial charge in [-0.25, -0.2) is 19.6 Å². The summed E-state index contributed by atoms with van der Waals surface area (Å²) < 4.78 is 11.7. The van der Waals surface area contributed by atoms with Gasteiger partial charge in [0.25, 0.3) is 5.91 Å². The molecule has 5 aromatic rings. The largest absolute Gasteiger partial charge is 0.453 e. The number of alkyl carbamates (subject to hydrolysis) is 2. The van der Waals surface area contributed by atoms with Crippen LogP contribution in [0.25, 0.3) is 20.7 Å². The highest BCUT2D eigenvalue weighted by molar-refractivity contribution is 7.27. The third kappa shape index (κ3) is 8.38. The molecular formula is C41H42N8O6S2. The molecule has 294 valence electrons. The van der Waals surface area contributed by atoms with E-state index in [0.29, 0.717) is 36.0 Å². The average Bonchev–Trinajstić information content (AvgIpc) is 4.08. The summed E-state index contributed by atoms with van der Waals surface area (Å²) in [7, 11) is 2.55. The topological polar surface area (TPSA) is 175 Å². The van der Waals surface area contributed by atoms with E-state index in [9.17, 15) is 19.2 Å². The molecule has 1 aromatic carbocycles. The van der Waals surface area contributed by atoms with Crippen molar-refractivity contribution in [2.75, 3.05) is 27.3 Å². The number of ether oxygens (including phenoxy) is 2. The van der Waals surface area contributed by atoms with Gasteiger partial charge in [0.05, 0.1) is 59.4 Å². The molecule has 14 nitrogen and oxygen atoms in total. The maximum atomic E-state index is 13.8. The molecule has 2 fully saturated rings. The summed E-state index contributed by atoms with van der Waals surface area (Å²) in [5.41, 5.74) is 4.00. The second-order valence-electron chi connectivity index (χ2n) is 14.0. The molecule has 57 heavy (non-hydrogen) atoms. The normalized spacial score (nSPS) is 17.4. The van der Waals surface area contributed by atoms with Gasteiger partial charge in [0.2, 0.25) is 5.91 Å². The number of methoxy groups -OCH3 is 2. The number of fused-ring (bicyclic) bond motifs is 1. The molecule has 16 heteroatoms. The summed E-state index contributed by atoms with van der Waals surface area (Å²) in [4.78, 5) is 71.0. The molecule has 2 aliphatic heterocycles. The van der Waals surface area contributed by atoms with Gasteiger partial charge in [-0.05, 0) is 54.9 Å². The van der Waals surface area contributed by atoms with Crippen molar-refractivity contribution >= 4 is 56.1 Å². The molecule has 4 atom stereocenters. The number of likely N-dealkylation sites (tertiary alicyclic amines) is 2. The summed E-state index contributed by atoms with van der Waals surface area (Å²) in [6.45, 7) is 4.90. The summed E-state index contributed by atoms with van der Waals surface area (Å²) in [5, 5.41) is 9.48. The van der Waals surface area contributed by atoms with E-state index >= 15 is 0 Å². The predicted molar refractivity (Wildman–Crippen MR) is 216 cm³/mol.